The van der Waals surface area contributed by atoms with Crippen molar-refractivity contribution in [1.82, 2.24) is 10.2 Å². The molecule has 2 amide bonds. The molecule has 0 radical (unpaired) electrons. The summed E-state index contributed by atoms with van der Waals surface area (Å²) in [4.78, 5) is 27.0. The van der Waals surface area contributed by atoms with E-state index < -0.39 is 0 Å². The molecule has 0 aromatic rings. The zero-order valence-electron chi connectivity index (χ0n) is 13.2. The first-order valence-corrected chi connectivity index (χ1v) is 8.60. The number of amides is 2. The third-order valence-corrected chi connectivity index (χ3v) is 5.90. The minimum absolute atomic E-state index is 0.0849. The Hall–Kier alpha value is -0.900. The number of hydrogen-bond donors (Lipinski definition) is 1. The van der Waals surface area contributed by atoms with Crippen LogP contribution in [-0.4, -0.2) is 36.3 Å². The molecule has 0 unspecified atom stereocenters. The van der Waals surface area contributed by atoms with Crippen LogP contribution in [-0.2, 0) is 9.59 Å². The van der Waals surface area contributed by atoms with E-state index >= 15 is 0 Å². The number of piperidine rings is 1. The van der Waals surface area contributed by atoms with Crippen molar-refractivity contribution in [3.8, 4) is 0 Å². The Balaban J connectivity index is 1.74. The molecular formula is C17H28N2O2. The molecule has 1 N–H and O–H groups in total. The zero-order valence-corrected chi connectivity index (χ0v) is 13.2. The maximum atomic E-state index is 13.0. The Kier molecular flexibility index (Phi) is 4.08. The van der Waals surface area contributed by atoms with E-state index in [-0.39, 0.29) is 22.6 Å². The maximum Gasteiger partial charge on any atom is 0.235 e. The van der Waals surface area contributed by atoms with E-state index in [1.807, 2.05) is 0 Å². The average molecular weight is 292 g/mol. The minimum Gasteiger partial charge on any atom is -0.317 e. The fourth-order valence-electron chi connectivity index (χ4n) is 4.39. The van der Waals surface area contributed by atoms with Crippen molar-refractivity contribution < 1.29 is 9.59 Å². The summed E-state index contributed by atoms with van der Waals surface area (Å²) in [5, 5.41) is 3.36. The summed E-state index contributed by atoms with van der Waals surface area (Å²) in [6.07, 6.45) is 9.06. The SMILES string of the molecule is CC1(CN2C(=O)CC3(CCCCCC3)C2=O)CCNCC1. The van der Waals surface area contributed by atoms with Crippen molar-refractivity contribution in [2.75, 3.05) is 19.6 Å². The smallest absolute Gasteiger partial charge is 0.235 e. The quantitative estimate of drug-likeness (QED) is 0.795. The summed E-state index contributed by atoms with van der Waals surface area (Å²) in [5.74, 6) is 0.232. The van der Waals surface area contributed by atoms with E-state index in [9.17, 15) is 9.59 Å². The number of carbonyl (C=O) groups excluding carboxylic acids is 2. The first-order chi connectivity index (χ1) is 10.0. The molecule has 3 fully saturated rings. The van der Waals surface area contributed by atoms with Gasteiger partial charge in [0.2, 0.25) is 11.8 Å². The van der Waals surface area contributed by atoms with Crippen molar-refractivity contribution in [1.29, 1.82) is 0 Å². The fourth-order valence-corrected chi connectivity index (χ4v) is 4.39. The normalized spacial score (nSPS) is 28.9. The lowest BCUT2D eigenvalue weighted by Crippen LogP contribution is -2.46. The van der Waals surface area contributed by atoms with Gasteiger partial charge >= 0.3 is 0 Å². The zero-order chi connectivity index (χ0) is 14.9. The first-order valence-electron chi connectivity index (χ1n) is 8.60. The molecule has 4 nitrogen and oxygen atoms in total. The standard InChI is InChI=1S/C17H28N2O2/c1-16(8-10-18-11-9-16)13-19-14(20)12-17(15(19)21)6-4-2-3-5-7-17/h18H,2-13H2,1H3. The van der Waals surface area contributed by atoms with E-state index in [2.05, 4.69) is 12.2 Å². The van der Waals surface area contributed by atoms with Crippen LogP contribution in [0.2, 0.25) is 0 Å². The van der Waals surface area contributed by atoms with Gasteiger partial charge in [-0.15, -0.1) is 0 Å². The summed E-state index contributed by atoms with van der Waals surface area (Å²) in [6, 6.07) is 0. The average Bonchev–Trinajstić information content (AvgIpc) is 2.64. The van der Waals surface area contributed by atoms with E-state index in [4.69, 9.17) is 0 Å². The molecule has 2 heterocycles. The second-order valence-corrected chi connectivity index (χ2v) is 7.72. The van der Waals surface area contributed by atoms with Crippen molar-refractivity contribution in [2.24, 2.45) is 10.8 Å². The Bertz CT molecular complexity index is 419. The van der Waals surface area contributed by atoms with Crippen LogP contribution in [0.1, 0.15) is 64.7 Å². The highest BCUT2D eigenvalue weighted by Crippen LogP contribution is 2.45. The molecule has 118 valence electrons. The molecule has 4 heteroatoms. The summed E-state index contributed by atoms with van der Waals surface area (Å²) in [6.45, 7) is 4.86. The van der Waals surface area contributed by atoms with Crippen LogP contribution in [0.5, 0.6) is 0 Å². The van der Waals surface area contributed by atoms with E-state index in [0.717, 1.165) is 51.6 Å². The van der Waals surface area contributed by atoms with Gasteiger partial charge in [0.05, 0.1) is 5.41 Å². The van der Waals surface area contributed by atoms with Crippen LogP contribution in [0.25, 0.3) is 0 Å². The van der Waals surface area contributed by atoms with Crippen LogP contribution < -0.4 is 5.32 Å². The number of carbonyl (C=O) groups is 2. The van der Waals surface area contributed by atoms with Gasteiger partial charge in [-0.1, -0.05) is 32.6 Å². The largest absolute Gasteiger partial charge is 0.317 e. The predicted octanol–water partition coefficient (Wildman–Crippen LogP) is 2.48. The highest BCUT2D eigenvalue weighted by molar-refractivity contribution is 6.05. The third-order valence-electron chi connectivity index (χ3n) is 5.90. The van der Waals surface area contributed by atoms with Gasteiger partial charge in [-0.25, -0.2) is 0 Å². The summed E-state index contributed by atoms with van der Waals surface area (Å²) in [5.41, 5.74) is -0.232. The highest BCUT2D eigenvalue weighted by Gasteiger charge is 2.52. The minimum atomic E-state index is -0.336. The molecular weight excluding hydrogens is 264 g/mol. The lowest BCUT2D eigenvalue weighted by Gasteiger charge is -2.37. The van der Waals surface area contributed by atoms with Gasteiger partial charge in [0, 0.05) is 13.0 Å². The van der Waals surface area contributed by atoms with Crippen LogP contribution in [0.3, 0.4) is 0 Å². The number of likely N-dealkylation sites (tertiary alicyclic amines) is 1. The highest BCUT2D eigenvalue weighted by atomic mass is 16.2. The van der Waals surface area contributed by atoms with E-state index in [0.29, 0.717) is 13.0 Å². The molecule has 0 aromatic carbocycles. The van der Waals surface area contributed by atoms with Gasteiger partial charge in [0.1, 0.15) is 0 Å². The van der Waals surface area contributed by atoms with E-state index in [1.165, 1.54) is 12.8 Å². The molecule has 1 saturated carbocycles. The first kappa shape index (κ1) is 15.0. The van der Waals surface area contributed by atoms with Crippen LogP contribution in [0.4, 0.5) is 0 Å². The summed E-state index contributed by atoms with van der Waals surface area (Å²) in [7, 11) is 0. The molecule has 3 aliphatic rings. The Morgan fingerprint density at radius 1 is 1.00 bits per heavy atom. The van der Waals surface area contributed by atoms with Gasteiger partial charge in [0.25, 0.3) is 0 Å². The molecule has 0 aromatic heterocycles. The van der Waals surface area contributed by atoms with Crippen LogP contribution >= 0.6 is 0 Å². The fraction of sp³-hybridized carbons (Fsp3) is 0.882. The monoisotopic (exact) mass is 292 g/mol. The van der Waals surface area contributed by atoms with Crippen molar-refractivity contribution >= 4 is 11.8 Å². The van der Waals surface area contributed by atoms with Gasteiger partial charge in [-0.2, -0.15) is 0 Å². The second-order valence-electron chi connectivity index (χ2n) is 7.72. The van der Waals surface area contributed by atoms with Crippen molar-refractivity contribution in [2.45, 2.75) is 64.7 Å². The number of hydrogen-bond acceptors (Lipinski definition) is 3. The molecule has 1 spiro atoms. The number of nitrogens with one attached hydrogen (secondary N) is 1. The lowest BCUT2D eigenvalue weighted by atomic mass is 9.78. The van der Waals surface area contributed by atoms with E-state index in [1.54, 1.807) is 4.90 Å². The molecule has 0 atom stereocenters. The summed E-state index contributed by atoms with van der Waals surface area (Å²) >= 11 is 0. The lowest BCUT2D eigenvalue weighted by molar-refractivity contribution is -0.143. The third kappa shape index (κ3) is 2.87. The molecule has 21 heavy (non-hydrogen) atoms. The molecule has 2 saturated heterocycles. The predicted molar refractivity (Wildman–Crippen MR) is 81.7 cm³/mol. The maximum absolute atomic E-state index is 13.0. The van der Waals surface area contributed by atoms with Crippen LogP contribution in [0.15, 0.2) is 0 Å². The van der Waals surface area contributed by atoms with Gasteiger partial charge < -0.3 is 5.32 Å². The van der Waals surface area contributed by atoms with Gasteiger partial charge in [0.15, 0.2) is 0 Å². The second kappa shape index (κ2) is 5.71. The number of imide groups is 1. The van der Waals surface area contributed by atoms with Crippen molar-refractivity contribution in [3.63, 3.8) is 0 Å². The molecule has 3 rings (SSSR count). The number of rotatable bonds is 2. The van der Waals surface area contributed by atoms with Gasteiger partial charge in [-0.05, 0) is 44.2 Å². The van der Waals surface area contributed by atoms with Crippen LogP contribution in [0, 0.1) is 10.8 Å². The Labute approximate surface area is 127 Å². The summed E-state index contributed by atoms with van der Waals surface area (Å²) < 4.78 is 0. The topological polar surface area (TPSA) is 49.4 Å². The molecule has 2 aliphatic heterocycles. The Morgan fingerprint density at radius 3 is 2.24 bits per heavy atom. The molecule has 0 bridgehead atoms. The van der Waals surface area contributed by atoms with Gasteiger partial charge in [-0.3, -0.25) is 14.5 Å². The number of nitrogens with zero attached hydrogens (tertiary/aromatic N) is 1. The Morgan fingerprint density at radius 2 is 1.62 bits per heavy atom. The molecule has 1 aliphatic carbocycles. The van der Waals surface area contributed by atoms with Crippen molar-refractivity contribution in [3.05, 3.63) is 0 Å².